The van der Waals surface area contributed by atoms with Crippen LogP contribution in [-0.4, -0.2) is 16.0 Å². The second-order valence-electron chi connectivity index (χ2n) is 5.73. The second-order valence-corrected chi connectivity index (χ2v) is 7.65. The van der Waals surface area contributed by atoms with E-state index >= 15 is 0 Å². The molecule has 0 spiro atoms. The van der Waals surface area contributed by atoms with Crippen LogP contribution in [0.1, 0.15) is 56.9 Å². The van der Waals surface area contributed by atoms with Gasteiger partial charge in [-0.1, -0.05) is 19.3 Å². The minimum Gasteiger partial charge on any atom is -0.359 e. The smallest absolute Gasteiger partial charge is 0.183 e. The molecular weight excluding hydrogens is 286 g/mol. The first-order chi connectivity index (χ1) is 9.72. The molecule has 1 aliphatic carbocycles. The molecule has 0 amide bonds. The highest BCUT2D eigenvalue weighted by atomic mass is 32.1. The molecule has 2 aromatic heterocycles. The molecule has 0 atom stereocenters. The first-order valence-electron chi connectivity index (χ1n) is 7.40. The van der Waals surface area contributed by atoms with Gasteiger partial charge in [0.05, 0.1) is 15.6 Å². The predicted molar refractivity (Wildman–Crippen MR) is 87.8 cm³/mol. The van der Waals surface area contributed by atoms with Crippen LogP contribution in [0.5, 0.6) is 0 Å². The maximum absolute atomic E-state index is 4.66. The average Bonchev–Trinajstić information content (AvgIpc) is 3.07. The van der Waals surface area contributed by atoms with Crippen LogP contribution in [0, 0.1) is 0 Å². The molecule has 20 heavy (non-hydrogen) atoms. The fourth-order valence-electron chi connectivity index (χ4n) is 2.64. The standard InChI is InChI=1S/C15H21N3S2/c1-10(2)17-15-18-12(9-19-15)13-8-16-14(20-13)11-6-4-3-5-7-11/h8-11H,3-7H2,1-2H3,(H,17,18). The van der Waals surface area contributed by atoms with E-state index in [-0.39, 0.29) is 0 Å². The van der Waals surface area contributed by atoms with Gasteiger partial charge >= 0.3 is 0 Å². The number of rotatable bonds is 4. The lowest BCUT2D eigenvalue weighted by atomic mass is 9.90. The molecule has 3 rings (SSSR count). The zero-order chi connectivity index (χ0) is 13.9. The van der Waals surface area contributed by atoms with Gasteiger partial charge in [-0.3, -0.25) is 0 Å². The zero-order valence-electron chi connectivity index (χ0n) is 12.1. The van der Waals surface area contributed by atoms with Gasteiger partial charge in [-0.25, -0.2) is 9.97 Å². The normalized spacial score (nSPS) is 16.8. The summed E-state index contributed by atoms with van der Waals surface area (Å²) >= 11 is 3.50. The highest BCUT2D eigenvalue weighted by Gasteiger charge is 2.19. The highest BCUT2D eigenvalue weighted by molar-refractivity contribution is 7.16. The van der Waals surface area contributed by atoms with Gasteiger partial charge in [0.1, 0.15) is 0 Å². The molecule has 0 aliphatic heterocycles. The van der Waals surface area contributed by atoms with Crippen molar-refractivity contribution >= 4 is 27.8 Å². The summed E-state index contributed by atoms with van der Waals surface area (Å²) in [6.45, 7) is 4.27. The van der Waals surface area contributed by atoms with E-state index in [0.29, 0.717) is 12.0 Å². The maximum atomic E-state index is 4.66. The topological polar surface area (TPSA) is 37.8 Å². The second kappa shape index (κ2) is 6.22. The van der Waals surface area contributed by atoms with Crippen LogP contribution in [0.15, 0.2) is 11.6 Å². The lowest BCUT2D eigenvalue weighted by Crippen LogP contribution is -2.08. The summed E-state index contributed by atoms with van der Waals surface area (Å²) in [6, 6.07) is 0.424. The number of thiazole rings is 2. The van der Waals surface area contributed by atoms with E-state index in [9.17, 15) is 0 Å². The summed E-state index contributed by atoms with van der Waals surface area (Å²) in [5.41, 5.74) is 1.07. The Morgan fingerprint density at radius 2 is 2.05 bits per heavy atom. The van der Waals surface area contributed by atoms with E-state index in [1.165, 1.54) is 42.0 Å². The Kier molecular flexibility index (Phi) is 4.36. The molecule has 1 N–H and O–H groups in total. The van der Waals surface area contributed by atoms with Crippen molar-refractivity contribution < 1.29 is 0 Å². The molecule has 0 aromatic carbocycles. The fourth-order valence-corrected chi connectivity index (χ4v) is 4.62. The summed E-state index contributed by atoms with van der Waals surface area (Å²) in [5, 5.41) is 7.80. The lowest BCUT2D eigenvalue weighted by Gasteiger charge is -2.18. The Bertz CT molecular complexity index is 553. The zero-order valence-corrected chi connectivity index (χ0v) is 13.7. The summed E-state index contributed by atoms with van der Waals surface area (Å²) < 4.78 is 0. The molecular formula is C15H21N3S2. The third-order valence-electron chi connectivity index (χ3n) is 3.65. The summed E-state index contributed by atoms with van der Waals surface area (Å²) in [7, 11) is 0. The third kappa shape index (κ3) is 3.20. The Hall–Kier alpha value is -0.940. The molecule has 1 saturated carbocycles. The van der Waals surface area contributed by atoms with E-state index < -0.39 is 0 Å². The number of hydrogen-bond donors (Lipinski definition) is 1. The summed E-state index contributed by atoms with van der Waals surface area (Å²) in [4.78, 5) is 10.5. The average molecular weight is 307 g/mol. The van der Waals surface area contributed by atoms with Crippen LogP contribution in [0.3, 0.4) is 0 Å². The molecule has 108 valence electrons. The first kappa shape index (κ1) is 14.0. The van der Waals surface area contributed by atoms with Crippen LogP contribution >= 0.6 is 22.7 Å². The van der Waals surface area contributed by atoms with Crippen molar-refractivity contribution in [3.63, 3.8) is 0 Å². The van der Waals surface area contributed by atoms with Crippen molar-refractivity contribution in [3.05, 3.63) is 16.6 Å². The van der Waals surface area contributed by atoms with Crippen molar-refractivity contribution in [2.45, 2.75) is 57.9 Å². The molecule has 1 fully saturated rings. The van der Waals surface area contributed by atoms with Crippen LogP contribution in [0.25, 0.3) is 10.6 Å². The number of hydrogen-bond acceptors (Lipinski definition) is 5. The molecule has 0 bridgehead atoms. The Morgan fingerprint density at radius 3 is 2.80 bits per heavy atom. The largest absolute Gasteiger partial charge is 0.359 e. The molecule has 0 unspecified atom stereocenters. The van der Waals surface area contributed by atoms with Gasteiger partial charge < -0.3 is 5.32 Å². The highest BCUT2D eigenvalue weighted by Crippen LogP contribution is 2.38. The van der Waals surface area contributed by atoms with Gasteiger partial charge in [0, 0.05) is 23.5 Å². The monoisotopic (exact) mass is 307 g/mol. The van der Waals surface area contributed by atoms with Crippen molar-refractivity contribution in [1.29, 1.82) is 0 Å². The van der Waals surface area contributed by atoms with E-state index in [1.54, 1.807) is 11.3 Å². The molecule has 3 nitrogen and oxygen atoms in total. The number of nitrogens with zero attached hydrogens (tertiary/aromatic N) is 2. The molecule has 2 aromatic rings. The van der Waals surface area contributed by atoms with Crippen molar-refractivity contribution in [3.8, 4) is 10.6 Å². The lowest BCUT2D eigenvalue weighted by molar-refractivity contribution is 0.442. The molecule has 5 heteroatoms. The Labute approximate surface area is 128 Å². The molecule has 2 heterocycles. The molecule has 0 radical (unpaired) electrons. The molecule has 0 saturated heterocycles. The number of aromatic nitrogens is 2. The molecule has 1 aliphatic rings. The Morgan fingerprint density at radius 1 is 1.25 bits per heavy atom. The van der Waals surface area contributed by atoms with E-state index in [0.717, 1.165) is 10.8 Å². The van der Waals surface area contributed by atoms with Crippen LogP contribution in [0.4, 0.5) is 5.13 Å². The van der Waals surface area contributed by atoms with Crippen molar-refractivity contribution in [2.24, 2.45) is 0 Å². The van der Waals surface area contributed by atoms with Crippen LogP contribution in [0.2, 0.25) is 0 Å². The van der Waals surface area contributed by atoms with Gasteiger partial charge in [0.15, 0.2) is 5.13 Å². The summed E-state index contributed by atoms with van der Waals surface area (Å²) in [5.74, 6) is 0.689. The fraction of sp³-hybridized carbons (Fsp3) is 0.600. The Balaban J connectivity index is 1.74. The van der Waals surface area contributed by atoms with Crippen molar-refractivity contribution in [1.82, 2.24) is 9.97 Å². The predicted octanol–water partition coefficient (Wildman–Crippen LogP) is 5.13. The first-order valence-corrected chi connectivity index (χ1v) is 9.10. The number of nitrogens with one attached hydrogen (secondary N) is 1. The van der Waals surface area contributed by atoms with Gasteiger partial charge in [-0.15, -0.1) is 22.7 Å². The van der Waals surface area contributed by atoms with Gasteiger partial charge in [-0.2, -0.15) is 0 Å². The van der Waals surface area contributed by atoms with E-state index in [1.807, 2.05) is 17.5 Å². The third-order valence-corrected chi connectivity index (χ3v) is 5.60. The minimum atomic E-state index is 0.424. The summed E-state index contributed by atoms with van der Waals surface area (Å²) in [6.07, 6.45) is 8.74. The van der Waals surface area contributed by atoms with Crippen molar-refractivity contribution in [2.75, 3.05) is 5.32 Å². The van der Waals surface area contributed by atoms with Crippen LogP contribution < -0.4 is 5.32 Å². The minimum absolute atomic E-state index is 0.424. The van der Waals surface area contributed by atoms with Gasteiger partial charge in [0.25, 0.3) is 0 Å². The van der Waals surface area contributed by atoms with E-state index in [4.69, 9.17) is 0 Å². The van der Waals surface area contributed by atoms with Gasteiger partial charge in [0.2, 0.25) is 0 Å². The quantitative estimate of drug-likeness (QED) is 0.850. The SMILES string of the molecule is CC(C)Nc1nc(-c2cnc(C3CCCCC3)s2)cs1. The number of anilines is 1. The van der Waals surface area contributed by atoms with Gasteiger partial charge in [-0.05, 0) is 26.7 Å². The maximum Gasteiger partial charge on any atom is 0.183 e. The van der Waals surface area contributed by atoms with E-state index in [2.05, 4.69) is 34.5 Å². The van der Waals surface area contributed by atoms with Crippen LogP contribution in [-0.2, 0) is 0 Å².